The molecule has 3 aromatic rings. The topological polar surface area (TPSA) is 112 Å². The zero-order valence-electron chi connectivity index (χ0n) is 18.8. The molecule has 1 fully saturated rings. The van der Waals surface area contributed by atoms with Crippen molar-refractivity contribution < 1.29 is 14.6 Å². The zero-order valence-corrected chi connectivity index (χ0v) is 18.8. The van der Waals surface area contributed by atoms with Crippen molar-refractivity contribution in [3.8, 4) is 0 Å². The van der Waals surface area contributed by atoms with Crippen LogP contribution in [0.25, 0.3) is 22.7 Å². The first-order valence-corrected chi connectivity index (χ1v) is 11.0. The molecule has 3 N–H and O–H groups in total. The van der Waals surface area contributed by atoms with Crippen molar-refractivity contribution >= 4 is 40.3 Å². The summed E-state index contributed by atoms with van der Waals surface area (Å²) in [5, 5.41) is 17.4. The quantitative estimate of drug-likeness (QED) is 0.472. The van der Waals surface area contributed by atoms with Gasteiger partial charge in [-0.1, -0.05) is 6.07 Å². The molecule has 0 spiro atoms. The molecule has 33 heavy (non-hydrogen) atoms. The van der Waals surface area contributed by atoms with Crippen LogP contribution < -0.4 is 10.6 Å². The van der Waals surface area contributed by atoms with Crippen LogP contribution in [0.5, 0.6) is 0 Å². The highest BCUT2D eigenvalue weighted by molar-refractivity contribution is 5.91. The lowest BCUT2D eigenvalue weighted by atomic mass is 10.1. The summed E-state index contributed by atoms with van der Waals surface area (Å²) in [6.45, 7) is 8.33. The molecule has 9 nitrogen and oxygen atoms in total. The number of carbonyl (C=O) groups excluding carboxylic acids is 1. The Balaban J connectivity index is 1.63. The summed E-state index contributed by atoms with van der Waals surface area (Å²) in [6, 6.07) is 9.53. The first-order chi connectivity index (χ1) is 16.0. The van der Waals surface area contributed by atoms with Crippen LogP contribution in [-0.2, 0) is 16.1 Å². The van der Waals surface area contributed by atoms with Gasteiger partial charge in [-0.2, -0.15) is 0 Å². The van der Waals surface area contributed by atoms with Gasteiger partial charge in [-0.3, -0.25) is 9.69 Å². The summed E-state index contributed by atoms with van der Waals surface area (Å²) in [5.74, 6) is 1.32. The van der Waals surface area contributed by atoms with Crippen molar-refractivity contribution in [2.75, 3.05) is 43.5 Å². The van der Waals surface area contributed by atoms with Crippen LogP contribution in [0.4, 0.5) is 11.6 Å². The van der Waals surface area contributed by atoms with Gasteiger partial charge in [0, 0.05) is 56.3 Å². The third-order valence-electron chi connectivity index (χ3n) is 5.26. The summed E-state index contributed by atoms with van der Waals surface area (Å²) in [5.41, 5.74) is 2.48. The van der Waals surface area contributed by atoms with Gasteiger partial charge < -0.3 is 20.5 Å². The van der Waals surface area contributed by atoms with Crippen molar-refractivity contribution in [1.29, 1.82) is 0 Å². The van der Waals surface area contributed by atoms with Gasteiger partial charge in [0.25, 0.3) is 0 Å². The fourth-order valence-electron chi connectivity index (χ4n) is 3.68. The molecular formula is C24H28N6O3. The Bertz CT molecular complexity index is 1160. The molecule has 1 aliphatic rings. The van der Waals surface area contributed by atoms with Gasteiger partial charge in [-0.05, 0) is 36.8 Å². The molecule has 0 radical (unpaired) electrons. The smallest absolute Gasteiger partial charge is 0.222 e. The molecule has 0 unspecified atom stereocenters. The largest absolute Gasteiger partial charge is 0.507 e. The number of anilines is 2. The lowest BCUT2D eigenvalue weighted by Gasteiger charge is -2.26. The number of aliphatic hydroxyl groups excluding tert-OH is 1. The molecule has 4 rings (SSSR count). The van der Waals surface area contributed by atoms with E-state index in [1.807, 2.05) is 13.0 Å². The van der Waals surface area contributed by atoms with E-state index >= 15 is 0 Å². The van der Waals surface area contributed by atoms with Gasteiger partial charge in [0.2, 0.25) is 5.91 Å². The third-order valence-corrected chi connectivity index (χ3v) is 5.26. The van der Waals surface area contributed by atoms with Gasteiger partial charge in [0.05, 0.1) is 18.7 Å². The number of aromatic nitrogens is 3. The fourth-order valence-corrected chi connectivity index (χ4v) is 3.68. The Morgan fingerprint density at radius 2 is 2.03 bits per heavy atom. The second-order valence-electron chi connectivity index (χ2n) is 7.84. The maximum atomic E-state index is 11.2. The maximum Gasteiger partial charge on any atom is 0.222 e. The predicted molar refractivity (Wildman–Crippen MR) is 129 cm³/mol. The van der Waals surface area contributed by atoms with E-state index in [0.29, 0.717) is 23.8 Å². The first-order valence-electron chi connectivity index (χ1n) is 11.0. The molecule has 9 heteroatoms. The number of hydrogen-bond donors (Lipinski definition) is 3. The van der Waals surface area contributed by atoms with Crippen LogP contribution in [0.1, 0.15) is 30.8 Å². The third kappa shape index (κ3) is 5.82. The van der Waals surface area contributed by atoms with Crippen molar-refractivity contribution in [3.63, 3.8) is 0 Å². The molecule has 172 valence electrons. The summed E-state index contributed by atoms with van der Waals surface area (Å²) in [4.78, 5) is 26.9. The van der Waals surface area contributed by atoms with Gasteiger partial charge in [-0.15, -0.1) is 0 Å². The highest BCUT2D eigenvalue weighted by Crippen LogP contribution is 2.24. The molecule has 0 aliphatic carbocycles. The summed E-state index contributed by atoms with van der Waals surface area (Å²) < 4.78 is 5.44. The Morgan fingerprint density at radius 1 is 1.21 bits per heavy atom. The molecule has 1 saturated heterocycles. The van der Waals surface area contributed by atoms with Gasteiger partial charge in [0.1, 0.15) is 17.4 Å². The van der Waals surface area contributed by atoms with E-state index in [1.54, 1.807) is 12.1 Å². The average Bonchev–Trinajstić information content (AvgIpc) is 2.80. The molecule has 2 aromatic heterocycles. The fraction of sp³-hybridized carbons (Fsp3) is 0.333. The Morgan fingerprint density at radius 3 is 2.73 bits per heavy atom. The number of hydrogen-bond acceptors (Lipinski definition) is 8. The second-order valence-corrected chi connectivity index (χ2v) is 7.84. The van der Waals surface area contributed by atoms with Crippen molar-refractivity contribution in [1.82, 2.24) is 19.9 Å². The van der Waals surface area contributed by atoms with E-state index in [1.165, 1.54) is 24.8 Å². The van der Waals surface area contributed by atoms with E-state index in [2.05, 4.69) is 42.6 Å². The van der Waals surface area contributed by atoms with E-state index in [9.17, 15) is 9.90 Å². The summed E-state index contributed by atoms with van der Waals surface area (Å²) in [6.07, 6.45) is 3.01. The Kier molecular flexibility index (Phi) is 7.11. The number of benzene rings is 1. The van der Waals surface area contributed by atoms with Crippen LogP contribution in [0.3, 0.4) is 0 Å². The number of amides is 1. The molecule has 0 saturated carbocycles. The van der Waals surface area contributed by atoms with Crippen molar-refractivity contribution in [2.45, 2.75) is 20.4 Å². The van der Waals surface area contributed by atoms with Crippen LogP contribution >= 0.6 is 0 Å². The molecule has 1 aliphatic heterocycles. The second kappa shape index (κ2) is 10.4. The molecule has 3 heterocycles. The number of ether oxygens (including phenoxy) is 1. The standard InChI is InChI=1S/C24H28N6O3/c1-3-25-24-19-6-4-17(15-30-8-10-33-11-9-30)12-20(19)28-23(29-24)13-21(32)18-5-7-22(26-14-18)27-16(2)31/h4-7,12-14,32H,3,8-11,15H2,1-2H3,(H,25,28,29)(H,26,27,31)/b21-13-. The monoisotopic (exact) mass is 448 g/mol. The molecule has 0 atom stereocenters. The minimum absolute atomic E-state index is 0.0110. The number of aliphatic hydroxyl groups is 1. The zero-order chi connectivity index (χ0) is 23.2. The minimum atomic E-state index is -0.205. The van der Waals surface area contributed by atoms with Crippen LogP contribution in [0.2, 0.25) is 0 Å². The van der Waals surface area contributed by atoms with E-state index in [-0.39, 0.29) is 11.7 Å². The van der Waals surface area contributed by atoms with Crippen LogP contribution in [-0.4, -0.2) is 63.7 Å². The highest BCUT2D eigenvalue weighted by Gasteiger charge is 2.13. The number of fused-ring (bicyclic) bond motifs is 1. The average molecular weight is 449 g/mol. The van der Waals surface area contributed by atoms with E-state index in [4.69, 9.17) is 4.74 Å². The number of nitrogens with one attached hydrogen (secondary N) is 2. The highest BCUT2D eigenvalue weighted by atomic mass is 16.5. The lowest BCUT2D eigenvalue weighted by Crippen LogP contribution is -2.35. The van der Waals surface area contributed by atoms with Crippen LogP contribution in [0.15, 0.2) is 36.5 Å². The Hall–Kier alpha value is -3.56. The van der Waals surface area contributed by atoms with Gasteiger partial charge >= 0.3 is 0 Å². The molecule has 0 bridgehead atoms. The van der Waals surface area contributed by atoms with Gasteiger partial charge in [-0.25, -0.2) is 15.0 Å². The van der Waals surface area contributed by atoms with Crippen LogP contribution in [0, 0.1) is 0 Å². The minimum Gasteiger partial charge on any atom is -0.507 e. The van der Waals surface area contributed by atoms with E-state index in [0.717, 1.165) is 49.6 Å². The number of rotatable bonds is 7. The number of morpholine rings is 1. The predicted octanol–water partition coefficient (Wildman–Crippen LogP) is 3.30. The van der Waals surface area contributed by atoms with Gasteiger partial charge in [0.15, 0.2) is 5.82 Å². The van der Waals surface area contributed by atoms with E-state index < -0.39 is 0 Å². The maximum absolute atomic E-state index is 11.2. The molecule has 1 amide bonds. The number of carbonyl (C=O) groups is 1. The summed E-state index contributed by atoms with van der Waals surface area (Å²) in [7, 11) is 0. The number of pyridine rings is 1. The molecular weight excluding hydrogens is 420 g/mol. The SMILES string of the molecule is CCNc1nc(/C=C(\O)c2ccc(NC(C)=O)nc2)nc2cc(CN3CCOCC3)ccc12. The number of nitrogens with zero attached hydrogens (tertiary/aromatic N) is 4. The Labute approximate surface area is 192 Å². The first kappa shape index (κ1) is 22.6. The summed E-state index contributed by atoms with van der Waals surface area (Å²) >= 11 is 0. The van der Waals surface area contributed by atoms with Crippen molar-refractivity contribution in [2.24, 2.45) is 0 Å². The van der Waals surface area contributed by atoms with Crippen molar-refractivity contribution in [3.05, 3.63) is 53.5 Å². The lowest BCUT2D eigenvalue weighted by molar-refractivity contribution is -0.114. The molecule has 1 aromatic carbocycles. The normalized spacial score (nSPS) is 14.9.